The molecule has 2 N–H and O–H groups in total. The molecule has 19 heavy (non-hydrogen) atoms. The number of likely N-dealkylation sites (tertiary alicyclic amines) is 1. The van der Waals surface area contributed by atoms with Crippen molar-refractivity contribution in [1.82, 2.24) is 4.90 Å². The highest BCUT2D eigenvalue weighted by molar-refractivity contribution is 5.94. The van der Waals surface area contributed by atoms with Gasteiger partial charge >= 0.3 is 0 Å². The van der Waals surface area contributed by atoms with Crippen LogP contribution in [0.1, 0.15) is 29.3 Å². The molecule has 1 aromatic rings. The lowest BCUT2D eigenvalue weighted by Crippen LogP contribution is -2.45. The normalized spacial score (nSPS) is 23.5. The van der Waals surface area contributed by atoms with Crippen LogP contribution in [0, 0.1) is 24.6 Å². The zero-order valence-electron chi connectivity index (χ0n) is 11.5. The molecule has 0 bridgehead atoms. The third-order valence-corrected chi connectivity index (χ3v) is 4.06. The number of nitrogens with zero attached hydrogens (tertiary/aromatic N) is 1. The summed E-state index contributed by atoms with van der Waals surface area (Å²) in [5.74, 6) is 0.180. The van der Waals surface area contributed by atoms with E-state index in [-0.39, 0.29) is 11.5 Å². The molecule has 0 radical (unpaired) electrons. The molecule has 2 atom stereocenters. The van der Waals surface area contributed by atoms with Gasteiger partial charge in [-0.15, -0.1) is 0 Å². The molecule has 0 aliphatic carbocycles. The van der Waals surface area contributed by atoms with Crippen LogP contribution in [0.3, 0.4) is 0 Å². The Balaban J connectivity index is 2.15. The maximum absolute atomic E-state index is 13.8. The van der Waals surface area contributed by atoms with Crippen molar-refractivity contribution in [2.75, 3.05) is 19.6 Å². The number of piperidine rings is 1. The lowest BCUT2D eigenvalue weighted by molar-refractivity contribution is 0.0614. The number of aryl methyl sites for hydroxylation is 1. The lowest BCUT2D eigenvalue weighted by atomic mass is 9.87. The molecule has 1 aliphatic heterocycles. The summed E-state index contributed by atoms with van der Waals surface area (Å²) in [6, 6.07) is 4.74. The number of benzene rings is 1. The number of hydrogen-bond acceptors (Lipinski definition) is 2. The summed E-state index contributed by atoms with van der Waals surface area (Å²) in [5.41, 5.74) is 6.72. The van der Waals surface area contributed by atoms with Crippen molar-refractivity contribution >= 4 is 5.91 Å². The predicted octanol–water partition coefficient (Wildman–Crippen LogP) is 2.19. The van der Waals surface area contributed by atoms with Crippen molar-refractivity contribution in [3.63, 3.8) is 0 Å². The third kappa shape index (κ3) is 2.95. The Kier molecular flexibility index (Phi) is 4.20. The minimum Gasteiger partial charge on any atom is -0.338 e. The van der Waals surface area contributed by atoms with Gasteiger partial charge in [0.25, 0.3) is 5.91 Å². The number of nitrogens with two attached hydrogens (primary N) is 1. The maximum atomic E-state index is 13.8. The van der Waals surface area contributed by atoms with E-state index in [1.54, 1.807) is 17.0 Å². The molecule has 2 unspecified atom stereocenters. The first-order valence-electron chi connectivity index (χ1n) is 6.78. The van der Waals surface area contributed by atoms with Crippen molar-refractivity contribution in [2.45, 2.75) is 20.3 Å². The Hall–Kier alpha value is -1.42. The highest BCUT2D eigenvalue weighted by Crippen LogP contribution is 2.24. The van der Waals surface area contributed by atoms with Gasteiger partial charge < -0.3 is 10.6 Å². The van der Waals surface area contributed by atoms with E-state index in [0.717, 1.165) is 12.0 Å². The van der Waals surface area contributed by atoms with Gasteiger partial charge in [0, 0.05) is 13.1 Å². The Morgan fingerprint density at radius 2 is 2.26 bits per heavy atom. The monoisotopic (exact) mass is 264 g/mol. The van der Waals surface area contributed by atoms with E-state index in [4.69, 9.17) is 5.73 Å². The largest absolute Gasteiger partial charge is 0.338 e. The van der Waals surface area contributed by atoms with Crippen LogP contribution >= 0.6 is 0 Å². The second-order valence-corrected chi connectivity index (χ2v) is 5.50. The van der Waals surface area contributed by atoms with E-state index in [1.807, 2.05) is 6.92 Å². The topological polar surface area (TPSA) is 46.3 Å². The molecular formula is C15H21FN2O. The Labute approximate surface area is 113 Å². The Morgan fingerprint density at radius 1 is 1.53 bits per heavy atom. The Morgan fingerprint density at radius 3 is 2.89 bits per heavy atom. The molecule has 1 fully saturated rings. The molecule has 1 heterocycles. The third-order valence-electron chi connectivity index (χ3n) is 4.06. The molecular weight excluding hydrogens is 243 g/mol. The summed E-state index contributed by atoms with van der Waals surface area (Å²) in [6.45, 7) is 5.85. The van der Waals surface area contributed by atoms with Crippen molar-refractivity contribution in [3.05, 3.63) is 35.1 Å². The first kappa shape index (κ1) is 14.0. The van der Waals surface area contributed by atoms with Gasteiger partial charge in [0.15, 0.2) is 0 Å². The van der Waals surface area contributed by atoms with Crippen molar-refractivity contribution < 1.29 is 9.18 Å². The zero-order valence-corrected chi connectivity index (χ0v) is 11.5. The first-order chi connectivity index (χ1) is 9.02. The molecule has 0 saturated carbocycles. The average molecular weight is 264 g/mol. The second kappa shape index (κ2) is 5.70. The SMILES string of the molecule is Cc1ccc(C(=O)N2CCC(C)C(CN)C2)c(F)c1. The van der Waals surface area contributed by atoms with Crippen LogP contribution in [0.4, 0.5) is 4.39 Å². The standard InChI is InChI=1S/C15H21FN2O/c1-10-3-4-13(14(16)7-10)15(19)18-6-5-11(2)12(8-17)9-18/h3-4,7,11-12H,5-6,8-9,17H2,1-2H3. The highest BCUT2D eigenvalue weighted by Gasteiger charge is 2.29. The van der Waals surface area contributed by atoms with E-state index < -0.39 is 5.82 Å². The van der Waals surface area contributed by atoms with Gasteiger partial charge in [-0.25, -0.2) is 4.39 Å². The van der Waals surface area contributed by atoms with Crippen molar-refractivity contribution in [2.24, 2.45) is 17.6 Å². The number of rotatable bonds is 2. The van der Waals surface area contributed by atoms with Crippen LogP contribution in [-0.4, -0.2) is 30.4 Å². The predicted molar refractivity (Wildman–Crippen MR) is 73.4 cm³/mol. The summed E-state index contributed by atoms with van der Waals surface area (Å²) in [6.07, 6.45) is 0.932. The van der Waals surface area contributed by atoms with Gasteiger partial charge in [0.1, 0.15) is 5.82 Å². The maximum Gasteiger partial charge on any atom is 0.256 e. The van der Waals surface area contributed by atoms with E-state index in [0.29, 0.717) is 31.5 Å². The minimum atomic E-state index is -0.437. The van der Waals surface area contributed by atoms with E-state index in [9.17, 15) is 9.18 Å². The summed E-state index contributed by atoms with van der Waals surface area (Å²) in [7, 11) is 0. The number of carbonyl (C=O) groups excluding carboxylic acids is 1. The zero-order chi connectivity index (χ0) is 14.0. The number of halogens is 1. The number of hydrogen-bond donors (Lipinski definition) is 1. The average Bonchev–Trinajstić information content (AvgIpc) is 2.38. The molecule has 0 spiro atoms. The van der Waals surface area contributed by atoms with Crippen LogP contribution in [0.15, 0.2) is 18.2 Å². The molecule has 2 rings (SSSR count). The molecule has 1 amide bonds. The first-order valence-corrected chi connectivity index (χ1v) is 6.78. The molecule has 1 saturated heterocycles. The van der Waals surface area contributed by atoms with Gasteiger partial charge in [-0.2, -0.15) is 0 Å². The lowest BCUT2D eigenvalue weighted by Gasteiger charge is -2.36. The Bertz CT molecular complexity index is 475. The fourth-order valence-electron chi connectivity index (χ4n) is 2.60. The number of amides is 1. The number of carbonyl (C=O) groups is 1. The van der Waals surface area contributed by atoms with Crippen molar-refractivity contribution in [1.29, 1.82) is 0 Å². The van der Waals surface area contributed by atoms with Gasteiger partial charge in [-0.05, 0) is 49.4 Å². The summed E-state index contributed by atoms with van der Waals surface area (Å²) in [5, 5.41) is 0. The fourth-order valence-corrected chi connectivity index (χ4v) is 2.60. The van der Waals surface area contributed by atoms with E-state index in [2.05, 4.69) is 6.92 Å². The molecule has 104 valence electrons. The summed E-state index contributed by atoms with van der Waals surface area (Å²) >= 11 is 0. The van der Waals surface area contributed by atoms with Gasteiger partial charge in [0.05, 0.1) is 5.56 Å². The van der Waals surface area contributed by atoms with Gasteiger partial charge in [-0.3, -0.25) is 4.79 Å². The van der Waals surface area contributed by atoms with Crippen LogP contribution in [-0.2, 0) is 0 Å². The highest BCUT2D eigenvalue weighted by atomic mass is 19.1. The molecule has 3 nitrogen and oxygen atoms in total. The van der Waals surface area contributed by atoms with Crippen LogP contribution < -0.4 is 5.73 Å². The van der Waals surface area contributed by atoms with E-state index >= 15 is 0 Å². The molecule has 0 aromatic heterocycles. The molecule has 4 heteroatoms. The fraction of sp³-hybridized carbons (Fsp3) is 0.533. The minimum absolute atomic E-state index is 0.163. The van der Waals surface area contributed by atoms with Gasteiger partial charge in [-0.1, -0.05) is 13.0 Å². The summed E-state index contributed by atoms with van der Waals surface area (Å²) in [4.78, 5) is 14.1. The molecule has 1 aliphatic rings. The second-order valence-electron chi connectivity index (χ2n) is 5.50. The van der Waals surface area contributed by atoms with Crippen LogP contribution in [0.5, 0.6) is 0 Å². The molecule has 1 aromatic carbocycles. The smallest absolute Gasteiger partial charge is 0.256 e. The quantitative estimate of drug-likeness (QED) is 0.890. The van der Waals surface area contributed by atoms with E-state index in [1.165, 1.54) is 6.07 Å². The van der Waals surface area contributed by atoms with Crippen LogP contribution in [0.25, 0.3) is 0 Å². The van der Waals surface area contributed by atoms with Crippen molar-refractivity contribution in [3.8, 4) is 0 Å². The van der Waals surface area contributed by atoms with Gasteiger partial charge in [0.2, 0.25) is 0 Å². The summed E-state index contributed by atoms with van der Waals surface area (Å²) < 4.78 is 13.8. The van der Waals surface area contributed by atoms with Crippen LogP contribution in [0.2, 0.25) is 0 Å².